The van der Waals surface area contributed by atoms with E-state index < -0.39 is 36.4 Å². The number of benzene rings is 1. The lowest BCUT2D eigenvalue weighted by molar-refractivity contribution is -0.170. The van der Waals surface area contributed by atoms with Crippen LogP contribution in [0.3, 0.4) is 0 Å². The maximum absolute atomic E-state index is 10.3. The number of halogens is 1. The molecule has 192 valence electrons. The van der Waals surface area contributed by atoms with Crippen LogP contribution in [0.1, 0.15) is 29.8 Å². The summed E-state index contributed by atoms with van der Waals surface area (Å²) in [5.74, 6) is -5.02. The van der Waals surface area contributed by atoms with Crippen molar-refractivity contribution in [2.45, 2.75) is 38.1 Å². The molecule has 3 rings (SSSR count). The van der Waals surface area contributed by atoms with E-state index in [-0.39, 0.29) is 0 Å². The Kier molecular flexibility index (Phi) is 10.5. The first kappa shape index (κ1) is 28.4. The van der Waals surface area contributed by atoms with Crippen LogP contribution in [0.2, 0.25) is 5.02 Å². The average molecular weight is 519 g/mol. The molecular formula is C24H27ClN4O7. The highest BCUT2D eigenvalue weighted by molar-refractivity contribution is 6.31. The number of pyridine rings is 1. The van der Waals surface area contributed by atoms with Gasteiger partial charge in [0.1, 0.15) is 0 Å². The molecule has 0 aliphatic carbocycles. The molecule has 11 nitrogen and oxygen atoms in total. The van der Waals surface area contributed by atoms with Crippen molar-refractivity contribution < 1.29 is 34.8 Å². The van der Waals surface area contributed by atoms with Gasteiger partial charge in [-0.05, 0) is 23.8 Å². The minimum absolute atomic E-state index is 0.761. The van der Waals surface area contributed by atoms with E-state index in [9.17, 15) is 14.4 Å². The smallest absolute Gasteiger partial charge is 0.336 e. The summed E-state index contributed by atoms with van der Waals surface area (Å²) in [6, 6.07) is 14.0. The normalized spacial score (nSPS) is 11.0. The summed E-state index contributed by atoms with van der Waals surface area (Å²) >= 11 is 6.32. The van der Waals surface area contributed by atoms with Crippen LogP contribution in [-0.2, 0) is 41.1 Å². The van der Waals surface area contributed by atoms with Crippen molar-refractivity contribution in [3.8, 4) is 0 Å². The summed E-state index contributed by atoms with van der Waals surface area (Å²) in [5, 5.41) is 34.6. The number of carboxylic acid groups (broad SMARTS) is 3. The maximum Gasteiger partial charge on any atom is 0.336 e. The van der Waals surface area contributed by atoms with E-state index in [1.165, 1.54) is 0 Å². The number of carbonyl (C=O) groups is 3. The fourth-order valence-corrected chi connectivity index (χ4v) is 3.43. The maximum atomic E-state index is 10.3. The third-order valence-corrected chi connectivity index (χ3v) is 5.42. The fourth-order valence-electron chi connectivity index (χ4n) is 3.24. The van der Waals surface area contributed by atoms with Gasteiger partial charge in [-0.3, -0.25) is 19.5 Å². The Morgan fingerprint density at radius 2 is 1.61 bits per heavy atom. The van der Waals surface area contributed by atoms with Crippen molar-refractivity contribution in [3.63, 3.8) is 0 Å². The van der Waals surface area contributed by atoms with Crippen LogP contribution in [0.25, 0.3) is 0 Å². The number of rotatable bonds is 11. The van der Waals surface area contributed by atoms with Gasteiger partial charge >= 0.3 is 17.9 Å². The lowest BCUT2D eigenvalue weighted by atomic mass is 9.96. The van der Waals surface area contributed by atoms with Gasteiger partial charge in [0.15, 0.2) is 5.60 Å². The minimum Gasteiger partial charge on any atom is -0.481 e. The molecule has 0 aliphatic rings. The molecule has 0 atom stereocenters. The second-order valence-corrected chi connectivity index (χ2v) is 8.44. The summed E-state index contributed by atoms with van der Waals surface area (Å²) in [7, 11) is 2.01. The first-order valence-electron chi connectivity index (χ1n) is 10.7. The van der Waals surface area contributed by atoms with E-state index >= 15 is 0 Å². The molecule has 0 bridgehead atoms. The van der Waals surface area contributed by atoms with Gasteiger partial charge in [-0.2, -0.15) is 0 Å². The predicted molar refractivity (Wildman–Crippen MR) is 129 cm³/mol. The summed E-state index contributed by atoms with van der Waals surface area (Å²) in [4.78, 5) is 41.4. The van der Waals surface area contributed by atoms with E-state index in [2.05, 4.69) is 20.9 Å². The Morgan fingerprint density at radius 3 is 2.11 bits per heavy atom. The second-order valence-electron chi connectivity index (χ2n) is 8.03. The SMILES string of the molecule is Cn1cncc1CN(Cc1ccccn1)Cc1ccccc1Cl.O=C(O)CC(O)(CC(=O)O)C(=O)O. The van der Waals surface area contributed by atoms with E-state index in [4.69, 9.17) is 32.0 Å². The zero-order valence-electron chi connectivity index (χ0n) is 19.5. The molecule has 1 aromatic carbocycles. The van der Waals surface area contributed by atoms with Gasteiger partial charge in [-0.15, -0.1) is 0 Å². The number of aryl methyl sites for hydroxylation is 1. The van der Waals surface area contributed by atoms with Crippen LogP contribution < -0.4 is 0 Å². The number of hydrogen-bond donors (Lipinski definition) is 4. The van der Waals surface area contributed by atoms with Gasteiger partial charge in [-0.25, -0.2) is 9.78 Å². The van der Waals surface area contributed by atoms with E-state index in [0.29, 0.717) is 0 Å². The summed E-state index contributed by atoms with van der Waals surface area (Å²) in [6.45, 7) is 2.32. The lowest BCUT2D eigenvalue weighted by Crippen LogP contribution is -2.42. The van der Waals surface area contributed by atoms with Crippen molar-refractivity contribution >= 4 is 29.5 Å². The topological polar surface area (TPSA) is 166 Å². The number of imidazole rings is 1. The second kappa shape index (κ2) is 13.3. The summed E-state index contributed by atoms with van der Waals surface area (Å²) < 4.78 is 2.04. The molecular weight excluding hydrogens is 492 g/mol. The first-order chi connectivity index (χ1) is 17.0. The van der Waals surface area contributed by atoms with Crippen LogP contribution in [0.5, 0.6) is 0 Å². The number of aliphatic hydroxyl groups is 1. The largest absolute Gasteiger partial charge is 0.481 e. The number of carboxylic acids is 3. The standard InChI is InChI=1S/C18H19ClN4.C6H8O7/c1-22-14-20-10-17(22)13-23(12-16-7-4-5-9-21-16)11-15-6-2-3-8-18(15)19;7-3(8)1-6(13,5(11)12)2-4(9)10/h2-10,14H,11-13H2,1H3;13H,1-2H2,(H,7,8)(H,9,10)(H,11,12). The zero-order chi connectivity index (χ0) is 26.7. The molecule has 2 aromatic heterocycles. The lowest BCUT2D eigenvalue weighted by Gasteiger charge is -2.22. The van der Waals surface area contributed by atoms with Gasteiger partial charge < -0.3 is 25.0 Å². The van der Waals surface area contributed by atoms with Crippen LogP contribution in [-0.4, -0.2) is 63.4 Å². The van der Waals surface area contributed by atoms with Gasteiger partial charge in [0, 0.05) is 44.1 Å². The van der Waals surface area contributed by atoms with E-state index in [1.54, 1.807) is 0 Å². The molecule has 0 saturated heterocycles. The quantitative estimate of drug-likeness (QED) is 0.296. The molecule has 12 heteroatoms. The number of aliphatic carboxylic acids is 3. The Balaban J connectivity index is 0.000000302. The van der Waals surface area contributed by atoms with E-state index in [0.717, 1.165) is 41.6 Å². The minimum atomic E-state index is -2.74. The van der Waals surface area contributed by atoms with Crippen molar-refractivity contribution in [2.24, 2.45) is 7.05 Å². The Bertz CT molecular complexity index is 1150. The summed E-state index contributed by atoms with van der Waals surface area (Å²) in [5.41, 5.74) is 0.583. The highest BCUT2D eigenvalue weighted by Gasteiger charge is 2.40. The van der Waals surface area contributed by atoms with Crippen molar-refractivity contribution in [1.82, 2.24) is 19.4 Å². The van der Waals surface area contributed by atoms with Crippen LogP contribution in [0, 0.1) is 0 Å². The van der Waals surface area contributed by atoms with E-state index in [1.807, 2.05) is 66.7 Å². The van der Waals surface area contributed by atoms with Crippen LogP contribution >= 0.6 is 11.6 Å². The van der Waals surface area contributed by atoms with Gasteiger partial charge in [0.2, 0.25) is 0 Å². The molecule has 0 amide bonds. The average Bonchev–Trinajstić information content (AvgIpc) is 3.19. The predicted octanol–water partition coefficient (Wildman–Crippen LogP) is 2.42. The Hall–Kier alpha value is -3.80. The van der Waals surface area contributed by atoms with Crippen LogP contribution in [0.4, 0.5) is 0 Å². The third kappa shape index (κ3) is 9.10. The number of hydrogen-bond acceptors (Lipinski definition) is 7. The molecule has 0 saturated carbocycles. The number of aromatic nitrogens is 3. The highest BCUT2D eigenvalue weighted by atomic mass is 35.5. The first-order valence-corrected chi connectivity index (χ1v) is 11.1. The molecule has 3 aromatic rings. The van der Waals surface area contributed by atoms with Crippen LogP contribution in [0.15, 0.2) is 61.2 Å². The Morgan fingerprint density at radius 1 is 0.972 bits per heavy atom. The van der Waals surface area contributed by atoms with Gasteiger partial charge in [0.05, 0.1) is 30.6 Å². The monoisotopic (exact) mass is 518 g/mol. The third-order valence-electron chi connectivity index (χ3n) is 5.05. The molecule has 0 unspecified atom stereocenters. The highest BCUT2D eigenvalue weighted by Crippen LogP contribution is 2.19. The molecule has 4 N–H and O–H groups in total. The number of nitrogens with zero attached hydrogens (tertiary/aromatic N) is 4. The molecule has 0 spiro atoms. The van der Waals surface area contributed by atoms with Crippen molar-refractivity contribution in [2.75, 3.05) is 0 Å². The Labute approximate surface area is 212 Å². The summed E-state index contributed by atoms with van der Waals surface area (Å²) in [6.07, 6.45) is 3.26. The van der Waals surface area contributed by atoms with Gasteiger partial charge in [0.25, 0.3) is 0 Å². The van der Waals surface area contributed by atoms with Crippen molar-refractivity contribution in [1.29, 1.82) is 0 Å². The molecule has 0 aliphatic heterocycles. The molecule has 0 fully saturated rings. The fraction of sp³-hybridized carbons (Fsp3) is 0.292. The van der Waals surface area contributed by atoms with Gasteiger partial charge in [-0.1, -0.05) is 35.9 Å². The molecule has 36 heavy (non-hydrogen) atoms. The van der Waals surface area contributed by atoms with Crippen molar-refractivity contribution in [3.05, 3.63) is 83.2 Å². The molecule has 0 radical (unpaired) electrons. The molecule has 2 heterocycles. The zero-order valence-corrected chi connectivity index (χ0v) is 20.2.